The van der Waals surface area contributed by atoms with Crippen LogP contribution in [0.3, 0.4) is 0 Å². The second-order valence-corrected chi connectivity index (χ2v) is 5.27. The molecular weight excluding hydrogens is 222 g/mol. The molecule has 1 atom stereocenters. The number of aliphatic imine (C=N–C) groups is 1. The molecule has 5 heteroatoms. The Balaban J connectivity index is 2.06. The Hall–Kier alpha value is -0.420. The Bertz CT molecular complexity index is 205. The molecule has 0 spiro atoms. The lowest BCUT2D eigenvalue weighted by molar-refractivity contribution is 0.195. The first-order valence-electron chi connectivity index (χ1n) is 5.92. The van der Waals surface area contributed by atoms with E-state index in [1.54, 1.807) is 7.11 Å². The van der Waals surface area contributed by atoms with Gasteiger partial charge in [0.1, 0.15) is 0 Å². The van der Waals surface area contributed by atoms with Crippen molar-refractivity contribution < 1.29 is 4.74 Å². The van der Waals surface area contributed by atoms with Crippen LogP contribution >= 0.6 is 11.8 Å². The topological polar surface area (TPSA) is 45.7 Å². The Morgan fingerprint density at radius 3 is 3.00 bits per heavy atom. The van der Waals surface area contributed by atoms with Crippen LogP contribution in [0.5, 0.6) is 0 Å². The summed E-state index contributed by atoms with van der Waals surface area (Å²) in [5.74, 6) is 2.22. The summed E-state index contributed by atoms with van der Waals surface area (Å²) in [5.41, 5.74) is 0. The SMILES string of the molecule is CN=C(NCCCOC)NCC1CCCS1. The zero-order valence-corrected chi connectivity index (χ0v) is 11.1. The van der Waals surface area contributed by atoms with Crippen LogP contribution < -0.4 is 10.6 Å². The van der Waals surface area contributed by atoms with Crippen LogP contribution in [0.1, 0.15) is 19.3 Å². The normalized spacial score (nSPS) is 21.1. The molecule has 2 N–H and O–H groups in total. The van der Waals surface area contributed by atoms with E-state index in [1.165, 1.54) is 18.6 Å². The fraction of sp³-hybridized carbons (Fsp3) is 0.909. The average molecular weight is 245 g/mol. The zero-order chi connectivity index (χ0) is 11.6. The molecule has 1 aliphatic rings. The molecule has 0 aromatic heterocycles. The van der Waals surface area contributed by atoms with Gasteiger partial charge in [-0.25, -0.2) is 0 Å². The molecule has 16 heavy (non-hydrogen) atoms. The third kappa shape index (κ3) is 5.61. The predicted octanol–water partition coefficient (Wildman–Crippen LogP) is 1.08. The highest BCUT2D eigenvalue weighted by molar-refractivity contribution is 8.00. The highest BCUT2D eigenvalue weighted by Crippen LogP contribution is 2.25. The summed E-state index contributed by atoms with van der Waals surface area (Å²) in [6.45, 7) is 2.72. The standard InChI is InChI=1S/C11H23N3OS/c1-12-11(13-6-4-7-15-2)14-9-10-5-3-8-16-10/h10H,3-9H2,1-2H3,(H2,12,13,14). The van der Waals surface area contributed by atoms with Crippen LogP contribution in [0.2, 0.25) is 0 Å². The summed E-state index contributed by atoms with van der Waals surface area (Å²) in [6, 6.07) is 0. The Morgan fingerprint density at radius 1 is 1.50 bits per heavy atom. The van der Waals surface area contributed by atoms with Gasteiger partial charge in [0.2, 0.25) is 0 Å². The minimum atomic E-state index is 0.762. The molecule has 1 aliphatic heterocycles. The van der Waals surface area contributed by atoms with Crippen molar-refractivity contribution in [3.63, 3.8) is 0 Å². The summed E-state index contributed by atoms with van der Waals surface area (Å²) in [7, 11) is 3.54. The highest BCUT2D eigenvalue weighted by Gasteiger charge is 2.15. The van der Waals surface area contributed by atoms with Gasteiger partial charge in [0.15, 0.2) is 5.96 Å². The summed E-state index contributed by atoms with van der Waals surface area (Å²) in [6.07, 6.45) is 3.70. The van der Waals surface area contributed by atoms with Crippen molar-refractivity contribution in [3.8, 4) is 0 Å². The summed E-state index contributed by atoms with van der Waals surface area (Å²) < 4.78 is 4.99. The number of nitrogens with zero attached hydrogens (tertiary/aromatic N) is 1. The third-order valence-corrected chi connectivity index (χ3v) is 3.96. The van der Waals surface area contributed by atoms with E-state index in [0.717, 1.165) is 37.3 Å². The smallest absolute Gasteiger partial charge is 0.191 e. The average Bonchev–Trinajstić information content (AvgIpc) is 2.81. The van der Waals surface area contributed by atoms with Gasteiger partial charge >= 0.3 is 0 Å². The van der Waals surface area contributed by atoms with Crippen LogP contribution in [0.4, 0.5) is 0 Å². The Labute approximate surface area is 103 Å². The molecule has 0 bridgehead atoms. The second kappa shape index (κ2) is 8.70. The summed E-state index contributed by atoms with van der Waals surface area (Å²) in [5, 5.41) is 7.40. The van der Waals surface area contributed by atoms with Crippen LogP contribution in [-0.4, -0.2) is 50.8 Å². The van der Waals surface area contributed by atoms with Gasteiger partial charge in [0.05, 0.1) is 0 Å². The number of hydrogen-bond donors (Lipinski definition) is 2. The van der Waals surface area contributed by atoms with Crippen molar-refractivity contribution in [2.24, 2.45) is 4.99 Å². The number of guanidine groups is 1. The van der Waals surface area contributed by atoms with Crippen LogP contribution in [0.15, 0.2) is 4.99 Å². The molecule has 0 radical (unpaired) electrons. The maximum atomic E-state index is 4.99. The number of nitrogens with one attached hydrogen (secondary N) is 2. The van der Waals surface area contributed by atoms with Crippen LogP contribution in [-0.2, 0) is 4.74 Å². The lowest BCUT2D eigenvalue weighted by Crippen LogP contribution is -2.40. The van der Waals surface area contributed by atoms with Gasteiger partial charge in [-0.05, 0) is 25.0 Å². The van der Waals surface area contributed by atoms with E-state index in [0.29, 0.717) is 0 Å². The van der Waals surface area contributed by atoms with Crippen molar-refractivity contribution >= 4 is 17.7 Å². The van der Waals surface area contributed by atoms with Gasteiger partial charge < -0.3 is 15.4 Å². The molecular formula is C11H23N3OS. The van der Waals surface area contributed by atoms with Crippen molar-refractivity contribution in [3.05, 3.63) is 0 Å². The van der Waals surface area contributed by atoms with Gasteiger partial charge in [0.25, 0.3) is 0 Å². The van der Waals surface area contributed by atoms with Crippen molar-refractivity contribution in [2.75, 3.05) is 39.6 Å². The molecule has 1 saturated heterocycles. The van der Waals surface area contributed by atoms with Gasteiger partial charge in [-0.3, -0.25) is 4.99 Å². The number of hydrogen-bond acceptors (Lipinski definition) is 3. The Morgan fingerprint density at radius 2 is 2.38 bits per heavy atom. The maximum absolute atomic E-state index is 4.99. The molecule has 0 aromatic rings. The summed E-state index contributed by atoms with van der Waals surface area (Å²) in [4.78, 5) is 4.19. The molecule has 94 valence electrons. The second-order valence-electron chi connectivity index (χ2n) is 3.86. The lowest BCUT2D eigenvalue weighted by Gasteiger charge is -2.14. The van der Waals surface area contributed by atoms with Crippen LogP contribution in [0.25, 0.3) is 0 Å². The maximum Gasteiger partial charge on any atom is 0.191 e. The molecule has 4 nitrogen and oxygen atoms in total. The Kier molecular flexibility index (Phi) is 7.42. The van der Waals surface area contributed by atoms with Gasteiger partial charge in [-0.2, -0.15) is 11.8 Å². The monoisotopic (exact) mass is 245 g/mol. The first-order chi connectivity index (χ1) is 7.86. The molecule has 0 saturated carbocycles. The van der Waals surface area contributed by atoms with E-state index in [9.17, 15) is 0 Å². The predicted molar refractivity (Wildman–Crippen MR) is 71.3 cm³/mol. The van der Waals surface area contributed by atoms with E-state index >= 15 is 0 Å². The molecule has 0 aliphatic carbocycles. The fourth-order valence-corrected chi connectivity index (χ4v) is 2.86. The first kappa shape index (κ1) is 13.6. The number of ether oxygens (including phenoxy) is 1. The molecule has 0 amide bonds. The fourth-order valence-electron chi connectivity index (χ4n) is 1.66. The number of rotatable bonds is 6. The lowest BCUT2D eigenvalue weighted by atomic mass is 10.2. The van der Waals surface area contributed by atoms with Crippen molar-refractivity contribution in [1.29, 1.82) is 0 Å². The van der Waals surface area contributed by atoms with E-state index in [-0.39, 0.29) is 0 Å². The molecule has 1 fully saturated rings. The van der Waals surface area contributed by atoms with Gasteiger partial charge in [-0.15, -0.1) is 0 Å². The number of thioether (sulfide) groups is 1. The van der Waals surface area contributed by atoms with E-state index in [4.69, 9.17) is 4.74 Å². The third-order valence-electron chi connectivity index (χ3n) is 2.56. The summed E-state index contributed by atoms with van der Waals surface area (Å²) >= 11 is 2.06. The van der Waals surface area contributed by atoms with Gasteiger partial charge in [0, 0.05) is 39.1 Å². The molecule has 0 aromatic carbocycles. The number of methoxy groups -OCH3 is 1. The zero-order valence-electron chi connectivity index (χ0n) is 10.3. The minimum Gasteiger partial charge on any atom is -0.385 e. The first-order valence-corrected chi connectivity index (χ1v) is 6.96. The molecule has 1 rings (SSSR count). The van der Waals surface area contributed by atoms with Crippen LogP contribution in [0, 0.1) is 0 Å². The molecule has 1 unspecified atom stereocenters. The highest BCUT2D eigenvalue weighted by atomic mass is 32.2. The van der Waals surface area contributed by atoms with Gasteiger partial charge in [-0.1, -0.05) is 0 Å². The van der Waals surface area contributed by atoms with E-state index in [2.05, 4.69) is 27.4 Å². The largest absolute Gasteiger partial charge is 0.385 e. The van der Waals surface area contributed by atoms with Crippen molar-refractivity contribution in [2.45, 2.75) is 24.5 Å². The van der Waals surface area contributed by atoms with E-state index in [1.807, 2.05) is 7.05 Å². The van der Waals surface area contributed by atoms with Crippen molar-refractivity contribution in [1.82, 2.24) is 10.6 Å². The molecule has 1 heterocycles. The quantitative estimate of drug-likeness (QED) is 0.418. The minimum absolute atomic E-state index is 0.762. The van der Waals surface area contributed by atoms with E-state index < -0.39 is 0 Å².